The van der Waals surface area contributed by atoms with E-state index in [0.29, 0.717) is 12.2 Å². The fourth-order valence-corrected chi connectivity index (χ4v) is 1.21. The lowest BCUT2D eigenvalue weighted by Crippen LogP contribution is -2.49. The van der Waals surface area contributed by atoms with Gasteiger partial charge in [0.25, 0.3) is 0 Å². The maximum atomic E-state index is 11.7. The van der Waals surface area contributed by atoms with Crippen LogP contribution in [0.2, 0.25) is 0 Å². The Kier molecular flexibility index (Phi) is 5.01. The van der Waals surface area contributed by atoms with Gasteiger partial charge in [-0.25, -0.2) is 15.2 Å². The molecule has 1 aromatic rings. The predicted molar refractivity (Wildman–Crippen MR) is 61.7 cm³/mol. The summed E-state index contributed by atoms with van der Waals surface area (Å²) in [6, 6.07) is 8.75. The molecular formula is C11H14N3O2. The number of nitrogens with zero attached hydrogens (tertiary/aromatic N) is 1. The maximum absolute atomic E-state index is 11.7. The van der Waals surface area contributed by atoms with Crippen molar-refractivity contribution in [3.63, 3.8) is 0 Å². The van der Waals surface area contributed by atoms with Gasteiger partial charge in [0.05, 0.1) is 12.2 Å². The second-order valence-electron chi connectivity index (χ2n) is 2.99. The van der Waals surface area contributed by atoms with Crippen LogP contribution in [0.25, 0.3) is 0 Å². The van der Waals surface area contributed by atoms with Crippen LogP contribution < -0.4 is 15.8 Å². The Balaban J connectivity index is 2.74. The number of hydrogen-bond acceptors (Lipinski definition) is 3. The fraction of sp³-hybridized carbons (Fsp3) is 0.273. The molecule has 0 heterocycles. The van der Waals surface area contributed by atoms with Crippen molar-refractivity contribution in [2.45, 2.75) is 6.92 Å². The number of para-hydroxylation sites is 1. The maximum Gasteiger partial charge on any atom is 0.336 e. The molecule has 0 saturated carbocycles. The standard InChI is InChI=1S/C11H14N3O2/c1-2-13-14(11(16)12-8-9-15)10-6-4-3-5-7-10/h3-7,13H,2,8H2,1H3,(H,12,16). The number of amides is 2. The predicted octanol–water partition coefficient (Wildman–Crippen LogP) is 0.837. The van der Waals surface area contributed by atoms with Crippen LogP contribution in [0.3, 0.4) is 0 Å². The van der Waals surface area contributed by atoms with Gasteiger partial charge in [0, 0.05) is 6.54 Å². The Hall–Kier alpha value is -1.88. The van der Waals surface area contributed by atoms with Crippen LogP contribution in [-0.2, 0) is 4.79 Å². The van der Waals surface area contributed by atoms with E-state index in [2.05, 4.69) is 10.7 Å². The highest BCUT2D eigenvalue weighted by molar-refractivity contribution is 5.91. The zero-order valence-corrected chi connectivity index (χ0v) is 9.06. The average Bonchev–Trinajstić information content (AvgIpc) is 2.34. The van der Waals surface area contributed by atoms with E-state index in [4.69, 9.17) is 0 Å². The van der Waals surface area contributed by atoms with Gasteiger partial charge in [0.15, 0.2) is 0 Å². The number of carbonyl (C=O) groups excluding carboxylic acids is 2. The summed E-state index contributed by atoms with van der Waals surface area (Å²) in [5, 5.41) is 3.78. The lowest BCUT2D eigenvalue weighted by atomic mass is 10.3. The topological polar surface area (TPSA) is 61.4 Å². The van der Waals surface area contributed by atoms with Crippen LogP contribution in [0.15, 0.2) is 30.3 Å². The third kappa shape index (κ3) is 3.36. The molecule has 16 heavy (non-hydrogen) atoms. The first-order chi connectivity index (χ1) is 7.79. The molecule has 1 aromatic carbocycles. The second kappa shape index (κ2) is 6.58. The molecule has 0 aromatic heterocycles. The molecule has 0 aliphatic rings. The zero-order valence-electron chi connectivity index (χ0n) is 9.06. The van der Waals surface area contributed by atoms with Crippen molar-refractivity contribution in [3.8, 4) is 0 Å². The first kappa shape index (κ1) is 12.2. The van der Waals surface area contributed by atoms with Crippen molar-refractivity contribution in [1.29, 1.82) is 0 Å². The monoisotopic (exact) mass is 220 g/mol. The van der Waals surface area contributed by atoms with Gasteiger partial charge in [-0.3, -0.25) is 4.79 Å². The summed E-state index contributed by atoms with van der Waals surface area (Å²) >= 11 is 0. The Morgan fingerprint density at radius 3 is 2.62 bits per heavy atom. The van der Waals surface area contributed by atoms with Gasteiger partial charge in [-0.2, -0.15) is 0 Å². The first-order valence-electron chi connectivity index (χ1n) is 5.01. The van der Waals surface area contributed by atoms with Crippen LogP contribution in [0.1, 0.15) is 6.92 Å². The summed E-state index contributed by atoms with van der Waals surface area (Å²) in [4.78, 5) is 21.7. The molecule has 5 nitrogen and oxygen atoms in total. The Labute approximate surface area is 94.4 Å². The summed E-state index contributed by atoms with van der Waals surface area (Å²) in [6.07, 6.45) is 1.61. The second-order valence-corrected chi connectivity index (χ2v) is 2.99. The third-order valence-electron chi connectivity index (χ3n) is 1.85. The number of hydrazine groups is 1. The summed E-state index contributed by atoms with van der Waals surface area (Å²) in [5.74, 6) is 0. The molecule has 1 rings (SSSR count). The Bertz CT molecular complexity index is 340. The normalized spacial score (nSPS) is 9.56. The molecule has 1 radical (unpaired) electrons. The lowest BCUT2D eigenvalue weighted by molar-refractivity contribution is 0.245. The Morgan fingerprint density at radius 1 is 1.38 bits per heavy atom. The number of hydrogen-bond donors (Lipinski definition) is 2. The molecule has 2 amide bonds. The molecule has 5 heteroatoms. The number of nitrogens with one attached hydrogen (secondary N) is 2. The van der Waals surface area contributed by atoms with E-state index in [1.165, 1.54) is 5.01 Å². The molecule has 0 bridgehead atoms. The summed E-state index contributed by atoms with van der Waals surface area (Å²) in [7, 11) is 0. The minimum absolute atomic E-state index is 0.117. The summed E-state index contributed by atoms with van der Waals surface area (Å²) in [5.41, 5.74) is 3.61. The van der Waals surface area contributed by atoms with Crippen molar-refractivity contribution < 1.29 is 9.59 Å². The van der Waals surface area contributed by atoms with Crippen molar-refractivity contribution in [3.05, 3.63) is 30.3 Å². The number of carbonyl (C=O) groups is 1. The number of urea groups is 1. The molecule has 0 aliphatic carbocycles. The van der Waals surface area contributed by atoms with Gasteiger partial charge in [0.1, 0.15) is 0 Å². The van der Waals surface area contributed by atoms with Crippen molar-refractivity contribution in [2.24, 2.45) is 0 Å². The molecule has 0 unspecified atom stereocenters. The van der Waals surface area contributed by atoms with Gasteiger partial charge in [0.2, 0.25) is 6.29 Å². The van der Waals surface area contributed by atoms with Crippen LogP contribution in [0, 0.1) is 0 Å². The van der Waals surface area contributed by atoms with Crippen LogP contribution >= 0.6 is 0 Å². The lowest BCUT2D eigenvalue weighted by Gasteiger charge is -2.22. The number of anilines is 1. The summed E-state index contributed by atoms with van der Waals surface area (Å²) in [6.45, 7) is 2.37. The largest absolute Gasteiger partial charge is 0.336 e. The van der Waals surface area contributed by atoms with Gasteiger partial charge in [-0.05, 0) is 12.1 Å². The van der Waals surface area contributed by atoms with Crippen LogP contribution in [-0.4, -0.2) is 25.4 Å². The molecule has 0 saturated heterocycles. The minimum atomic E-state index is -0.378. The highest BCUT2D eigenvalue weighted by atomic mass is 16.2. The first-order valence-corrected chi connectivity index (χ1v) is 5.01. The van der Waals surface area contributed by atoms with Crippen molar-refractivity contribution in [1.82, 2.24) is 10.7 Å². The minimum Gasteiger partial charge on any atom is -0.329 e. The average molecular weight is 220 g/mol. The zero-order chi connectivity index (χ0) is 11.8. The molecule has 0 spiro atoms. The van der Waals surface area contributed by atoms with E-state index < -0.39 is 0 Å². The molecule has 2 N–H and O–H groups in total. The smallest absolute Gasteiger partial charge is 0.329 e. The fourth-order valence-electron chi connectivity index (χ4n) is 1.21. The molecule has 85 valence electrons. The SMILES string of the molecule is CCNN(C(=O)NC[C]=O)c1ccccc1. The molecule has 0 atom stereocenters. The van der Waals surface area contributed by atoms with E-state index in [1.807, 2.05) is 25.1 Å². The Morgan fingerprint density at radius 2 is 2.06 bits per heavy atom. The van der Waals surface area contributed by atoms with Gasteiger partial charge < -0.3 is 5.32 Å². The van der Waals surface area contributed by atoms with E-state index in [-0.39, 0.29) is 12.6 Å². The van der Waals surface area contributed by atoms with E-state index in [0.717, 1.165) is 0 Å². The highest BCUT2D eigenvalue weighted by Crippen LogP contribution is 2.10. The van der Waals surface area contributed by atoms with Crippen LogP contribution in [0.4, 0.5) is 10.5 Å². The van der Waals surface area contributed by atoms with E-state index in [9.17, 15) is 9.59 Å². The third-order valence-corrected chi connectivity index (χ3v) is 1.85. The molecule has 0 fully saturated rings. The van der Waals surface area contributed by atoms with Crippen LogP contribution in [0.5, 0.6) is 0 Å². The molecular weight excluding hydrogens is 206 g/mol. The number of rotatable bonds is 5. The number of benzene rings is 1. The highest BCUT2D eigenvalue weighted by Gasteiger charge is 2.13. The molecule has 0 aliphatic heterocycles. The van der Waals surface area contributed by atoms with Gasteiger partial charge in [-0.1, -0.05) is 25.1 Å². The van der Waals surface area contributed by atoms with E-state index >= 15 is 0 Å². The summed E-state index contributed by atoms with van der Waals surface area (Å²) < 4.78 is 0. The van der Waals surface area contributed by atoms with Crippen molar-refractivity contribution in [2.75, 3.05) is 18.1 Å². The van der Waals surface area contributed by atoms with Crippen molar-refractivity contribution >= 4 is 18.0 Å². The van der Waals surface area contributed by atoms with Gasteiger partial charge in [-0.15, -0.1) is 0 Å². The van der Waals surface area contributed by atoms with E-state index in [1.54, 1.807) is 18.4 Å². The van der Waals surface area contributed by atoms with Gasteiger partial charge >= 0.3 is 6.03 Å². The quantitative estimate of drug-likeness (QED) is 0.723.